The third-order valence-electron chi connectivity index (χ3n) is 2.87. The number of hydrogen-bond donors (Lipinski definition) is 1. The smallest absolute Gasteiger partial charge is 0.191 e. The Morgan fingerprint density at radius 1 is 1.29 bits per heavy atom. The number of nitrogens with zero attached hydrogens (tertiary/aromatic N) is 2. The summed E-state index contributed by atoms with van der Waals surface area (Å²) in [5.74, 6) is 0.701. The van der Waals surface area contributed by atoms with Gasteiger partial charge >= 0.3 is 0 Å². The summed E-state index contributed by atoms with van der Waals surface area (Å²) in [6.45, 7) is 4.11. The van der Waals surface area contributed by atoms with Gasteiger partial charge in [0.2, 0.25) is 0 Å². The van der Waals surface area contributed by atoms with Gasteiger partial charge in [-0.05, 0) is 26.7 Å². The zero-order valence-corrected chi connectivity index (χ0v) is 9.66. The second-order valence-electron chi connectivity index (χ2n) is 4.48. The van der Waals surface area contributed by atoms with Crippen molar-refractivity contribution in [2.75, 3.05) is 7.05 Å². The molecule has 0 bridgehead atoms. The summed E-state index contributed by atoms with van der Waals surface area (Å²) in [5, 5.41) is 0. The van der Waals surface area contributed by atoms with Gasteiger partial charge in [0.15, 0.2) is 5.96 Å². The average molecular weight is 197 g/mol. The highest BCUT2D eigenvalue weighted by Gasteiger charge is 2.19. The first-order valence-electron chi connectivity index (χ1n) is 5.67. The Morgan fingerprint density at radius 2 is 1.86 bits per heavy atom. The van der Waals surface area contributed by atoms with E-state index in [0.717, 1.165) is 0 Å². The maximum Gasteiger partial charge on any atom is 0.191 e. The van der Waals surface area contributed by atoms with Crippen LogP contribution < -0.4 is 5.73 Å². The van der Waals surface area contributed by atoms with E-state index >= 15 is 0 Å². The molecule has 0 saturated heterocycles. The maximum atomic E-state index is 5.92. The van der Waals surface area contributed by atoms with Crippen LogP contribution in [0.1, 0.15) is 46.0 Å². The molecule has 0 aromatic heterocycles. The molecule has 1 aliphatic carbocycles. The number of hydrogen-bond acceptors (Lipinski definition) is 1. The first kappa shape index (κ1) is 11.3. The van der Waals surface area contributed by atoms with E-state index in [4.69, 9.17) is 5.73 Å². The lowest BCUT2D eigenvalue weighted by Crippen LogP contribution is -2.43. The van der Waals surface area contributed by atoms with Crippen molar-refractivity contribution in [1.29, 1.82) is 0 Å². The molecule has 1 fully saturated rings. The highest BCUT2D eigenvalue weighted by Crippen LogP contribution is 2.21. The third kappa shape index (κ3) is 3.20. The second kappa shape index (κ2) is 5.23. The Kier molecular flexibility index (Phi) is 4.23. The highest BCUT2D eigenvalue weighted by molar-refractivity contribution is 5.78. The molecule has 0 spiro atoms. The molecule has 0 aliphatic heterocycles. The van der Waals surface area contributed by atoms with Crippen LogP contribution in [0.2, 0.25) is 0 Å². The highest BCUT2D eigenvalue weighted by atomic mass is 15.3. The zero-order valence-electron chi connectivity index (χ0n) is 9.66. The fourth-order valence-corrected chi connectivity index (χ4v) is 2.01. The van der Waals surface area contributed by atoms with Crippen molar-refractivity contribution in [1.82, 2.24) is 4.90 Å². The van der Waals surface area contributed by atoms with E-state index < -0.39 is 0 Å². The zero-order chi connectivity index (χ0) is 10.6. The van der Waals surface area contributed by atoms with Crippen molar-refractivity contribution in [3.8, 4) is 0 Å². The van der Waals surface area contributed by atoms with E-state index in [1.807, 2.05) is 0 Å². The van der Waals surface area contributed by atoms with Crippen LogP contribution in [0, 0.1) is 0 Å². The molecular formula is C11H23N3. The van der Waals surface area contributed by atoms with Crippen LogP contribution in [0.4, 0.5) is 0 Å². The molecule has 1 rings (SSSR count). The van der Waals surface area contributed by atoms with E-state index in [-0.39, 0.29) is 0 Å². The lowest BCUT2D eigenvalue weighted by molar-refractivity contribution is 0.275. The van der Waals surface area contributed by atoms with Crippen molar-refractivity contribution in [2.45, 2.75) is 58.0 Å². The van der Waals surface area contributed by atoms with Crippen LogP contribution in [0.25, 0.3) is 0 Å². The van der Waals surface area contributed by atoms with Gasteiger partial charge in [-0.2, -0.15) is 0 Å². The van der Waals surface area contributed by atoms with E-state index in [1.54, 1.807) is 0 Å². The summed E-state index contributed by atoms with van der Waals surface area (Å²) >= 11 is 0. The normalized spacial score (nSPS) is 20.1. The number of aliphatic imine (C=N–C) groups is 1. The van der Waals surface area contributed by atoms with E-state index in [9.17, 15) is 0 Å². The largest absolute Gasteiger partial charge is 0.370 e. The van der Waals surface area contributed by atoms with Crippen molar-refractivity contribution < 1.29 is 0 Å². The molecule has 0 unspecified atom stereocenters. The summed E-state index contributed by atoms with van der Waals surface area (Å²) in [7, 11) is 2.07. The van der Waals surface area contributed by atoms with E-state index in [1.165, 1.54) is 32.1 Å². The third-order valence-corrected chi connectivity index (χ3v) is 2.87. The van der Waals surface area contributed by atoms with Gasteiger partial charge in [0.05, 0.1) is 0 Å². The lowest BCUT2D eigenvalue weighted by Gasteiger charge is -2.32. The van der Waals surface area contributed by atoms with Crippen LogP contribution in [0.3, 0.4) is 0 Å². The van der Waals surface area contributed by atoms with Crippen LogP contribution in [0.5, 0.6) is 0 Å². The molecule has 14 heavy (non-hydrogen) atoms. The first-order chi connectivity index (χ1) is 6.61. The van der Waals surface area contributed by atoms with Gasteiger partial charge in [0, 0.05) is 19.1 Å². The summed E-state index contributed by atoms with van der Waals surface area (Å²) in [5.41, 5.74) is 5.92. The fourth-order valence-electron chi connectivity index (χ4n) is 2.01. The minimum absolute atomic E-state index is 0.293. The van der Waals surface area contributed by atoms with Gasteiger partial charge < -0.3 is 10.6 Å². The minimum Gasteiger partial charge on any atom is -0.370 e. The van der Waals surface area contributed by atoms with Gasteiger partial charge in [-0.15, -0.1) is 0 Å². The summed E-state index contributed by atoms with van der Waals surface area (Å²) < 4.78 is 0. The van der Waals surface area contributed by atoms with Gasteiger partial charge in [0.25, 0.3) is 0 Å². The summed E-state index contributed by atoms with van der Waals surface area (Å²) in [4.78, 5) is 6.52. The van der Waals surface area contributed by atoms with E-state index in [0.29, 0.717) is 18.0 Å². The molecule has 3 nitrogen and oxygen atoms in total. The molecule has 0 aromatic rings. The quantitative estimate of drug-likeness (QED) is 0.543. The topological polar surface area (TPSA) is 41.6 Å². The Bertz CT molecular complexity index is 193. The molecule has 1 saturated carbocycles. The summed E-state index contributed by atoms with van der Waals surface area (Å²) in [6, 6.07) is 0.910. The van der Waals surface area contributed by atoms with Gasteiger partial charge in [0.1, 0.15) is 0 Å². The number of nitrogens with two attached hydrogens (primary N) is 1. The molecule has 0 atom stereocenters. The fraction of sp³-hybridized carbons (Fsp3) is 0.909. The second-order valence-corrected chi connectivity index (χ2v) is 4.48. The number of rotatable bonds is 2. The first-order valence-corrected chi connectivity index (χ1v) is 5.67. The van der Waals surface area contributed by atoms with Crippen molar-refractivity contribution in [3.63, 3.8) is 0 Å². The molecule has 82 valence electrons. The SMILES string of the molecule is CC(C)N=C(N)N(C)C1CCCCC1. The van der Waals surface area contributed by atoms with Crippen molar-refractivity contribution >= 4 is 5.96 Å². The maximum absolute atomic E-state index is 5.92. The number of guanidine groups is 1. The minimum atomic E-state index is 0.293. The predicted molar refractivity (Wildman–Crippen MR) is 61.4 cm³/mol. The van der Waals surface area contributed by atoms with Gasteiger partial charge in [-0.1, -0.05) is 19.3 Å². The van der Waals surface area contributed by atoms with Gasteiger partial charge in [-0.25, -0.2) is 0 Å². The summed E-state index contributed by atoms with van der Waals surface area (Å²) in [6.07, 6.45) is 6.59. The predicted octanol–water partition coefficient (Wildman–Crippen LogP) is 1.97. The Hall–Kier alpha value is -0.730. The standard InChI is InChI=1S/C11H23N3/c1-9(2)13-11(12)14(3)10-7-5-4-6-8-10/h9-10H,4-8H2,1-3H3,(H2,12,13). The Labute approximate surface area is 87.4 Å². The van der Waals surface area contributed by atoms with Crippen LogP contribution in [0.15, 0.2) is 4.99 Å². The Morgan fingerprint density at radius 3 is 2.36 bits per heavy atom. The average Bonchev–Trinajstić information content (AvgIpc) is 2.17. The van der Waals surface area contributed by atoms with Crippen LogP contribution in [-0.2, 0) is 0 Å². The Balaban J connectivity index is 2.49. The molecule has 1 aliphatic rings. The van der Waals surface area contributed by atoms with Crippen LogP contribution >= 0.6 is 0 Å². The van der Waals surface area contributed by atoms with E-state index in [2.05, 4.69) is 30.8 Å². The molecule has 0 aromatic carbocycles. The monoisotopic (exact) mass is 197 g/mol. The van der Waals surface area contributed by atoms with Crippen molar-refractivity contribution in [3.05, 3.63) is 0 Å². The molecule has 2 N–H and O–H groups in total. The molecular weight excluding hydrogens is 174 g/mol. The lowest BCUT2D eigenvalue weighted by atomic mass is 9.95. The van der Waals surface area contributed by atoms with Crippen LogP contribution in [-0.4, -0.2) is 30.0 Å². The molecule has 0 amide bonds. The van der Waals surface area contributed by atoms with Gasteiger partial charge in [-0.3, -0.25) is 4.99 Å². The molecule has 0 radical (unpaired) electrons. The molecule has 0 heterocycles. The van der Waals surface area contributed by atoms with Crippen molar-refractivity contribution in [2.24, 2.45) is 10.7 Å². The molecule has 3 heteroatoms.